The number of anilines is 1. The fraction of sp³-hybridized carbons (Fsp3) is 0.526. The van der Waals surface area contributed by atoms with E-state index in [1.54, 1.807) is 0 Å². The lowest BCUT2D eigenvalue weighted by Crippen LogP contribution is -2.49. The summed E-state index contributed by atoms with van der Waals surface area (Å²) in [5, 5.41) is -0.417. The maximum atomic E-state index is 12.4. The van der Waals surface area contributed by atoms with E-state index in [1.165, 1.54) is 0 Å². The molecule has 0 radical (unpaired) electrons. The zero-order valence-electron chi connectivity index (χ0n) is 14.4. The Kier molecular flexibility index (Phi) is 5.42. The Morgan fingerprint density at radius 3 is 2.44 bits per heavy atom. The van der Waals surface area contributed by atoms with Crippen molar-refractivity contribution in [3.05, 3.63) is 29.8 Å². The minimum absolute atomic E-state index is 0.0891. The average molecular weight is 363 g/mol. The van der Waals surface area contributed by atoms with E-state index in [9.17, 15) is 14.4 Å². The molecule has 1 aromatic rings. The van der Waals surface area contributed by atoms with Gasteiger partial charge in [0.1, 0.15) is 5.78 Å². The van der Waals surface area contributed by atoms with Crippen LogP contribution in [-0.4, -0.2) is 48.0 Å². The zero-order valence-corrected chi connectivity index (χ0v) is 15.2. The summed E-state index contributed by atoms with van der Waals surface area (Å²) in [4.78, 5) is 39.8. The lowest BCUT2D eigenvalue weighted by molar-refractivity contribution is -0.131. The Bertz CT molecular complexity index is 683. The Balaban J connectivity index is 1.77. The van der Waals surface area contributed by atoms with Crippen LogP contribution in [0.2, 0.25) is 0 Å². The molecule has 1 saturated carbocycles. The number of para-hydroxylation sites is 1. The van der Waals surface area contributed by atoms with Crippen LogP contribution in [0.3, 0.4) is 0 Å². The molecule has 0 spiro atoms. The van der Waals surface area contributed by atoms with Crippen LogP contribution in [0.25, 0.3) is 0 Å². The van der Waals surface area contributed by atoms with Gasteiger partial charge < -0.3 is 9.80 Å². The predicted octanol–water partition coefficient (Wildman–Crippen LogP) is 2.57. The summed E-state index contributed by atoms with van der Waals surface area (Å²) in [5.74, 6) is -0.362. The second-order valence-electron chi connectivity index (χ2n) is 6.74. The SMILES string of the molecule is CCC(=O)N1CCN(c2ccccc2C2CC(C(=O)Cl)CC2=O)CC1. The fourth-order valence-corrected chi connectivity index (χ4v) is 4.01. The maximum absolute atomic E-state index is 12.4. The molecule has 1 amide bonds. The van der Waals surface area contributed by atoms with Gasteiger partial charge in [0, 0.05) is 56.5 Å². The zero-order chi connectivity index (χ0) is 18.0. The first kappa shape index (κ1) is 17.9. The molecule has 0 bridgehead atoms. The fourth-order valence-electron chi connectivity index (χ4n) is 3.85. The third-order valence-corrected chi connectivity index (χ3v) is 5.57. The first-order valence-corrected chi connectivity index (χ1v) is 9.22. The molecule has 6 heteroatoms. The number of carbonyl (C=O) groups is 3. The normalized spacial score (nSPS) is 23.8. The molecule has 2 unspecified atom stereocenters. The molecule has 2 fully saturated rings. The number of hydrogen-bond acceptors (Lipinski definition) is 4. The van der Waals surface area contributed by atoms with Gasteiger partial charge in [-0.2, -0.15) is 0 Å². The van der Waals surface area contributed by atoms with Crippen LogP contribution in [0.4, 0.5) is 5.69 Å². The van der Waals surface area contributed by atoms with E-state index in [-0.39, 0.29) is 29.9 Å². The van der Waals surface area contributed by atoms with Crippen molar-refractivity contribution in [1.82, 2.24) is 4.90 Å². The summed E-state index contributed by atoms with van der Waals surface area (Å²) in [6.45, 7) is 4.78. The summed E-state index contributed by atoms with van der Waals surface area (Å²) in [7, 11) is 0. The molecule has 134 valence electrons. The van der Waals surface area contributed by atoms with Crippen molar-refractivity contribution in [1.29, 1.82) is 0 Å². The van der Waals surface area contributed by atoms with Gasteiger partial charge in [0.2, 0.25) is 11.1 Å². The van der Waals surface area contributed by atoms with E-state index in [0.29, 0.717) is 25.9 Å². The molecular weight excluding hydrogens is 340 g/mol. The minimum atomic E-state index is -0.417. The van der Waals surface area contributed by atoms with Crippen LogP contribution >= 0.6 is 11.6 Å². The smallest absolute Gasteiger partial charge is 0.225 e. The summed E-state index contributed by atoms with van der Waals surface area (Å²) < 4.78 is 0. The van der Waals surface area contributed by atoms with Gasteiger partial charge >= 0.3 is 0 Å². The molecule has 0 aromatic heterocycles. The molecule has 2 aliphatic rings. The second-order valence-corrected chi connectivity index (χ2v) is 7.11. The highest BCUT2D eigenvalue weighted by molar-refractivity contribution is 6.64. The van der Waals surface area contributed by atoms with E-state index in [0.717, 1.165) is 24.3 Å². The number of piperazine rings is 1. The van der Waals surface area contributed by atoms with Crippen molar-refractivity contribution >= 4 is 34.2 Å². The lowest BCUT2D eigenvalue weighted by Gasteiger charge is -2.37. The Morgan fingerprint density at radius 1 is 1.16 bits per heavy atom. The quantitative estimate of drug-likeness (QED) is 0.772. The van der Waals surface area contributed by atoms with Crippen LogP contribution in [0, 0.1) is 5.92 Å². The molecule has 5 nitrogen and oxygen atoms in total. The van der Waals surface area contributed by atoms with E-state index in [1.807, 2.05) is 36.1 Å². The highest BCUT2D eigenvalue weighted by Crippen LogP contribution is 2.40. The topological polar surface area (TPSA) is 57.7 Å². The van der Waals surface area contributed by atoms with Gasteiger partial charge in [0.25, 0.3) is 0 Å². The third-order valence-electron chi connectivity index (χ3n) is 5.27. The molecule has 1 aromatic carbocycles. The Labute approximate surface area is 152 Å². The number of hydrogen-bond donors (Lipinski definition) is 0. The number of carbonyl (C=O) groups excluding carboxylic acids is 3. The lowest BCUT2D eigenvalue weighted by atomic mass is 9.93. The van der Waals surface area contributed by atoms with Crippen molar-refractivity contribution in [2.24, 2.45) is 5.92 Å². The van der Waals surface area contributed by atoms with Gasteiger partial charge in [0.05, 0.1) is 0 Å². The maximum Gasteiger partial charge on any atom is 0.225 e. The summed E-state index contributed by atoms with van der Waals surface area (Å²) in [6, 6.07) is 7.89. The number of halogens is 1. The van der Waals surface area contributed by atoms with Crippen LogP contribution in [0.1, 0.15) is 37.7 Å². The Morgan fingerprint density at radius 2 is 1.84 bits per heavy atom. The van der Waals surface area contributed by atoms with E-state index >= 15 is 0 Å². The van der Waals surface area contributed by atoms with Gasteiger partial charge in [-0.25, -0.2) is 0 Å². The highest BCUT2D eigenvalue weighted by Gasteiger charge is 2.38. The molecule has 25 heavy (non-hydrogen) atoms. The van der Waals surface area contributed by atoms with Gasteiger partial charge in [0.15, 0.2) is 0 Å². The number of amides is 1. The van der Waals surface area contributed by atoms with Crippen molar-refractivity contribution in [2.45, 2.75) is 32.1 Å². The molecule has 1 heterocycles. The highest BCUT2D eigenvalue weighted by atomic mass is 35.5. The minimum Gasteiger partial charge on any atom is -0.368 e. The average Bonchev–Trinajstić information content (AvgIpc) is 3.03. The second kappa shape index (κ2) is 7.56. The number of nitrogens with zero attached hydrogens (tertiary/aromatic N) is 2. The summed E-state index contributed by atoms with van der Waals surface area (Å²) in [5.41, 5.74) is 2.01. The largest absolute Gasteiger partial charge is 0.368 e. The van der Waals surface area contributed by atoms with Crippen LogP contribution < -0.4 is 4.90 Å². The van der Waals surface area contributed by atoms with Crippen molar-refractivity contribution < 1.29 is 14.4 Å². The molecule has 1 aliphatic carbocycles. The molecular formula is C19H23ClN2O3. The Hall–Kier alpha value is -1.88. The van der Waals surface area contributed by atoms with Crippen LogP contribution in [-0.2, 0) is 14.4 Å². The molecule has 0 N–H and O–H groups in total. The summed E-state index contributed by atoms with van der Waals surface area (Å²) in [6.07, 6.45) is 1.26. The monoisotopic (exact) mass is 362 g/mol. The van der Waals surface area contributed by atoms with Crippen LogP contribution in [0.15, 0.2) is 24.3 Å². The van der Waals surface area contributed by atoms with E-state index in [4.69, 9.17) is 11.6 Å². The summed E-state index contributed by atoms with van der Waals surface area (Å²) >= 11 is 5.61. The number of benzene rings is 1. The number of rotatable bonds is 4. The molecule has 2 atom stereocenters. The molecule has 1 saturated heterocycles. The van der Waals surface area contributed by atoms with Crippen molar-refractivity contribution in [2.75, 3.05) is 31.1 Å². The number of ketones is 1. The number of Topliss-reactive ketones (excluding diaryl/α,β-unsaturated/α-hetero) is 1. The van der Waals surface area contributed by atoms with Gasteiger partial charge in [-0.05, 0) is 29.7 Å². The first-order valence-electron chi connectivity index (χ1n) is 8.85. The van der Waals surface area contributed by atoms with E-state index < -0.39 is 5.24 Å². The van der Waals surface area contributed by atoms with Crippen molar-refractivity contribution in [3.63, 3.8) is 0 Å². The molecule has 3 rings (SSSR count). The van der Waals surface area contributed by atoms with Gasteiger partial charge in [-0.15, -0.1) is 0 Å². The first-order chi connectivity index (χ1) is 12.0. The van der Waals surface area contributed by atoms with Crippen molar-refractivity contribution in [3.8, 4) is 0 Å². The third kappa shape index (κ3) is 3.71. The molecule has 1 aliphatic heterocycles. The predicted molar refractivity (Wildman–Crippen MR) is 96.9 cm³/mol. The van der Waals surface area contributed by atoms with Gasteiger partial charge in [-0.3, -0.25) is 14.4 Å². The van der Waals surface area contributed by atoms with Gasteiger partial charge in [-0.1, -0.05) is 25.1 Å². The standard InChI is InChI=1S/C19H23ClN2O3/c1-2-18(24)22-9-7-21(8-10-22)16-6-4-3-5-14(16)15-11-13(19(20)25)12-17(15)23/h3-6,13,15H,2,7-12H2,1H3. The van der Waals surface area contributed by atoms with E-state index in [2.05, 4.69) is 4.90 Å². The van der Waals surface area contributed by atoms with Crippen LogP contribution in [0.5, 0.6) is 0 Å².